The van der Waals surface area contributed by atoms with Crippen LogP contribution < -0.4 is 26.0 Å². The molecule has 6 aliphatic rings. The van der Waals surface area contributed by atoms with Gasteiger partial charge in [0.25, 0.3) is 11.7 Å². The molecule has 5 heterocycles. The zero-order chi connectivity index (χ0) is 64.6. The molecule has 91 heavy (non-hydrogen) atoms. The van der Waals surface area contributed by atoms with Crippen molar-refractivity contribution < 1.29 is 78.0 Å². The second kappa shape index (κ2) is 25.6. The molecule has 27 heteroatoms. The maximum absolute atomic E-state index is 13.8. The van der Waals surface area contributed by atoms with E-state index in [2.05, 4.69) is 29.5 Å². The van der Waals surface area contributed by atoms with E-state index in [0.29, 0.717) is 84.5 Å². The van der Waals surface area contributed by atoms with Crippen LogP contribution in [0.3, 0.4) is 0 Å². The Bertz CT molecular complexity index is 3920. The number of rotatable bonds is 25. The number of amides is 2. The Labute approximate surface area is 528 Å². The average molecular weight is 1290 g/mol. The number of benzene rings is 3. The van der Waals surface area contributed by atoms with Crippen LogP contribution in [0, 0.1) is 23.2 Å². The number of nitrogens with two attached hydrogens (primary N) is 1. The summed E-state index contributed by atoms with van der Waals surface area (Å²) in [6.07, 6.45) is 8.37. The summed E-state index contributed by atoms with van der Waals surface area (Å²) in [6.45, 7) is 8.81. The molecule has 5 atom stereocenters. The molecule has 6 aromatic rings. The number of nitrogens with zero attached hydrogens (tertiary/aromatic N) is 6. The number of aliphatic carboxylic acids is 1. The molecular weight excluding hydrogens is 1210 g/mol. The lowest BCUT2D eigenvalue weighted by atomic mass is 9.39. The Balaban J connectivity index is 0.746. The van der Waals surface area contributed by atoms with Gasteiger partial charge in [-0.1, -0.05) is 61.6 Å². The van der Waals surface area contributed by atoms with Crippen LogP contribution in [0.5, 0.6) is 5.75 Å². The number of carboxylic acid groups (broad SMARTS) is 2. The number of carbonyl (C=O) groups is 4. The molecule has 25 nitrogen and oxygen atoms in total. The van der Waals surface area contributed by atoms with Gasteiger partial charge in [-0.15, -0.1) is 0 Å². The number of carbonyl (C=O) groups excluding carboxylic acids is 2. The normalized spacial score (nSPS) is 22.7. The number of ether oxygens (including phenoxy) is 4. The third-order valence-electron chi connectivity index (χ3n) is 17.7. The van der Waals surface area contributed by atoms with Gasteiger partial charge in [-0.3, -0.25) is 19.4 Å². The second-order valence-electron chi connectivity index (χ2n) is 25.3. The van der Waals surface area contributed by atoms with Gasteiger partial charge in [0.1, 0.15) is 18.2 Å². The molecule has 0 spiro atoms. The molecule has 0 radical (unpaired) electrons. The van der Waals surface area contributed by atoms with Gasteiger partial charge in [0.15, 0.2) is 10.8 Å². The van der Waals surface area contributed by atoms with Gasteiger partial charge in [0.05, 0.1) is 40.5 Å². The first-order chi connectivity index (χ1) is 43.3. The smallest absolute Gasteiger partial charge is 0.410 e. The SMILES string of the molecule is Cc1c(-c2ccc(N3CCc4cccc(C(=O)Nc5nc6ccccc6s5)c4C3)nc2C(=O)O)cnn1CC12CC3(C)CC(OCCN(CCCP(=O)(O)O)C(=O)OC/C=C/c4ccc(O[C@H]5OC(C(=O)O)=C(O)C(O)=C5O)c(NCCCN)c4)(C1)C[C@@](C)(C3)C2. The minimum atomic E-state index is -4.39. The quantitative estimate of drug-likeness (QED) is 0.0188. The number of aliphatic hydroxyl groups excluding tert-OH is 3. The van der Waals surface area contributed by atoms with Crippen LogP contribution >= 0.6 is 18.9 Å². The molecule has 11 N–H and O–H groups in total. The molecule has 3 unspecified atom stereocenters. The number of para-hydroxylation sites is 1. The van der Waals surface area contributed by atoms with E-state index in [1.807, 2.05) is 59.0 Å². The van der Waals surface area contributed by atoms with Crippen LogP contribution in [0.4, 0.5) is 21.4 Å². The molecule has 3 aromatic carbocycles. The number of thiazole rings is 1. The molecule has 12 rings (SSSR count). The van der Waals surface area contributed by atoms with Gasteiger partial charge in [-0.05, 0) is 153 Å². The maximum atomic E-state index is 13.8. The van der Waals surface area contributed by atoms with E-state index in [1.54, 1.807) is 42.6 Å². The fourth-order valence-electron chi connectivity index (χ4n) is 15.1. The number of aliphatic hydroxyl groups is 3. The number of nitrogens with one attached hydrogen (secondary N) is 2. The van der Waals surface area contributed by atoms with Crippen molar-refractivity contribution in [3.05, 3.63) is 142 Å². The van der Waals surface area contributed by atoms with E-state index in [4.69, 9.17) is 34.8 Å². The topological polar surface area (TPSA) is 364 Å². The molecule has 3 aromatic heterocycles. The number of hydrogen-bond donors (Lipinski definition) is 10. The van der Waals surface area contributed by atoms with E-state index >= 15 is 0 Å². The van der Waals surface area contributed by atoms with E-state index in [-0.39, 0.29) is 66.3 Å². The number of fused-ring (bicyclic) bond motifs is 2. The van der Waals surface area contributed by atoms with Gasteiger partial charge in [-0.2, -0.15) is 5.10 Å². The highest BCUT2D eigenvalue weighted by Gasteiger charge is 2.66. The second-order valence-corrected chi connectivity index (χ2v) is 28.1. The fraction of sp³-hybridized carbons (Fsp3) is 0.422. The van der Waals surface area contributed by atoms with Crippen LogP contribution in [-0.4, -0.2) is 148 Å². The Morgan fingerprint density at radius 2 is 1.68 bits per heavy atom. The zero-order valence-electron chi connectivity index (χ0n) is 50.6. The number of aromatic carboxylic acids is 1. The molecule has 4 bridgehead atoms. The molecule has 0 saturated heterocycles. The number of aromatic nitrogens is 4. The van der Waals surface area contributed by atoms with Crippen molar-refractivity contribution in [2.75, 3.05) is 67.6 Å². The first-order valence-corrected chi connectivity index (χ1v) is 32.7. The molecule has 482 valence electrons. The van der Waals surface area contributed by atoms with Crippen molar-refractivity contribution in [3.8, 4) is 16.9 Å². The number of anilines is 3. The van der Waals surface area contributed by atoms with Crippen molar-refractivity contribution in [2.24, 2.45) is 22.0 Å². The molecule has 4 aliphatic carbocycles. The Kier molecular flexibility index (Phi) is 18.0. The molecule has 4 fully saturated rings. The van der Waals surface area contributed by atoms with Crippen molar-refractivity contribution in [1.82, 2.24) is 24.6 Å². The van der Waals surface area contributed by atoms with E-state index < -0.39 is 66.7 Å². The summed E-state index contributed by atoms with van der Waals surface area (Å²) in [6, 6.07) is 21.8. The predicted molar refractivity (Wildman–Crippen MR) is 338 cm³/mol. The van der Waals surface area contributed by atoms with E-state index in [0.717, 1.165) is 65.6 Å². The Morgan fingerprint density at radius 1 is 0.901 bits per heavy atom. The predicted octanol–water partition coefficient (Wildman–Crippen LogP) is 9.91. The minimum absolute atomic E-state index is 0.00453. The monoisotopic (exact) mass is 1290 g/mol. The summed E-state index contributed by atoms with van der Waals surface area (Å²) < 4.78 is 38.5. The summed E-state index contributed by atoms with van der Waals surface area (Å²) in [7, 11) is -4.39. The van der Waals surface area contributed by atoms with Crippen LogP contribution in [0.15, 0.2) is 108 Å². The first-order valence-electron chi connectivity index (χ1n) is 30.1. The van der Waals surface area contributed by atoms with Crippen LogP contribution in [-0.2, 0) is 43.1 Å². The van der Waals surface area contributed by atoms with Gasteiger partial charge in [-0.25, -0.2) is 24.4 Å². The highest BCUT2D eigenvalue weighted by atomic mass is 32.1. The first kappa shape index (κ1) is 64.0. The Hall–Kier alpha value is -8.52. The largest absolute Gasteiger partial charge is 0.503 e. The highest BCUT2D eigenvalue weighted by Crippen LogP contribution is 2.72. The van der Waals surface area contributed by atoms with Crippen molar-refractivity contribution >= 4 is 75.8 Å². The lowest BCUT2D eigenvalue weighted by molar-refractivity contribution is -0.248. The van der Waals surface area contributed by atoms with E-state index in [1.165, 1.54) is 22.3 Å². The van der Waals surface area contributed by atoms with Gasteiger partial charge < -0.3 is 75.1 Å². The summed E-state index contributed by atoms with van der Waals surface area (Å²) >= 11 is 1.40. The van der Waals surface area contributed by atoms with Crippen LogP contribution in [0.2, 0.25) is 0 Å². The summed E-state index contributed by atoms with van der Waals surface area (Å²) in [5, 5.41) is 62.3. The van der Waals surface area contributed by atoms with Crippen LogP contribution in [0.1, 0.15) is 108 Å². The number of hydrogen-bond acceptors (Lipinski definition) is 19. The van der Waals surface area contributed by atoms with Crippen molar-refractivity contribution in [1.29, 1.82) is 0 Å². The lowest BCUT2D eigenvalue weighted by Gasteiger charge is -2.69. The molecular formula is C64H74N9O16PS. The van der Waals surface area contributed by atoms with Crippen molar-refractivity contribution in [3.63, 3.8) is 0 Å². The lowest BCUT2D eigenvalue weighted by Crippen LogP contribution is -2.64. The highest BCUT2D eigenvalue weighted by molar-refractivity contribution is 7.51. The minimum Gasteiger partial charge on any atom is -0.503 e. The molecule has 2 amide bonds. The zero-order valence-corrected chi connectivity index (χ0v) is 52.3. The van der Waals surface area contributed by atoms with Gasteiger partial charge >= 0.3 is 31.9 Å². The molecule has 2 aliphatic heterocycles. The van der Waals surface area contributed by atoms with Gasteiger partial charge in [0, 0.05) is 61.7 Å². The summed E-state index contributed by atoms with van der Waals surface area (Å²) in [5.41, 5.74) is 10.7. The van der Waals surface area contributed by atoms with E-state index in [9.17, 15) is 59.1 Å². The van der Waals surface area contributed by atoms with Gasteiger partial charge in [0.2, 0.25) is 17.3 Å². The maximum Gasteiger partial charge on any atom is 0.410 e. The average Bonchev–Trinajstić information content (AvgIpc) is 1.00. The summed E-state index contributed by atoms with van der Waals surface area (Å²) in [4.78, 5) is 84.6. The third-order valence-corrected chi connectivity index (χ3v) is 19.6. The van der Waals surface area contributed by atoms with Crippen molar-refractivity contribution in [2.45, 2.75) is 104 Å². The third kappa shape index (κ3) is 14.0. The fourth-order valence-corrected chi connectivity index (χ4v) is 16.5. The molecule has 4 saturated carbocycles. The standard InChI is InChI=1S/C64H74N9O16PS/c1-38-43(41-16-18-49(69-50(41)56(78)79)72-23-19-40-11-6-12-42(44(40)30-72)55(77)70-59-68-45-13-4-5-14-48(45)91-59)29-67-73(38)37-63-32-61(2)31-62(3,33-63)35-64(34-61,36-63)87-26-24-71(22-9-27-90(83,84)85)60(82)86-25-7-10-39-15-17-47(46(28-39)66-21-8-20-65)88-58-53(76)51(74)52(75)54(89-58)57(80)81/h4-7,10-18,28-29,58,66,74-76H,8-9,19-27,30-37,65H2,1-3H3,(H,78,79)(H,80,81)(H,68,70,77)(H2,83,84,85)/b10-7+/t58-,61-,62?,63?,64?/m0/s1. The summed E-state index contributed by atoms with van der Waals surface area (Å²) in [5.74, 6) is -6.88. The van der Waals surface area contributed by atoms with Crippen LogP contribution in [0.25, 0.3) is 27.4 Å². The number of pyridine rings is 1. The number of carboxylic acids is 2. The Morgan fingerprint density at radius 3 is 2.42 bits per heavy atom.